The van der Waals surface area contributed by atoms with Crippen molar-refractivity contribution in [1.29, 1.82) is 0 Å². The van der Waals surface area contributed by atoms with Crippen LogP contribution in [0.25, 0.3) is 0 Å². The van der Waals surface area contributed by atoms with E-state index < -0.39 is 17.0 Å². The smallest absolute Gasteiger partial charge is 0.350 e. The normalized spacial score (nSPS) is 20.4. The minimum Gasteiger partial charge on any atom is -0.350 e. The predicted octanol–water partition coefficient (Wildman–Crippen LogP) is 2.77. The molecule has 0 amide bonds. The molecule has 2 heterocycles. The third-order valence-corrected chi connectivity index (χ3v) is 3.15. The van der Waals surface area contributed by atoms with Crippen molar-refractivity contribution >= 4 is 11.5 Å². The Kier molecular flexibility index (Phi) is 3.59. The largest absolute Gasteiger partial charge is 0.393 e. The maximum Gasteiger partial charge on any atom is 0.393 e. The van der Waals surface area contributed by atoms with Crippen molar-refractivity contribution in [3.05, 3.63) is 28.4 Å². The molecule has 1 fully saturated rings. The summed E-state index contributed by atoms with van der Waals surface area (Å²) in [5, 5.41) is 10.9. The van der Waals surface area contributed by atoms with Gasteiger partial charge in [0.2, 0.25) is 5.82 Å². The number of piperidine rings is 1. The molecule has 0 unspecified atom stereocenters. The minimum atomic E-state index is -4.28. The number of hydrogen-bond acceptors (Lipinski definition) is 4. The summed E-state index contributed by atoms with van der Waals surface area (Å²) in [6.45, 7) is 0.0752. The molecule has 1 aromatic rings. The second kappa shape index (κ2) is 5.02. The van der Waals surface area contributed by atoms with E-state index in [0.717, 1.165) is 0 Å². The van der Waals surface area contributed by atoms with E-state index >= 15 is 0 Å². The van der Waals surface area contributed by atoms with E-state index in [1.807, 2.05) is 0 Å². The SMILES string of the molecule is O=[N+]([O-])c1cccnc1N1CCC[C@@H](C(F)(F)F)C1. The zero-order chi connectivity index (χ0) is 14.0. The summed E-state index contributed by atoms with van der Waals surface area (Å²) in [5.74, 6) is -1.44. The van der Waals surface area contributed by atoms with E-state index in [-0.39, 0.29) is 24.5 Å². The molecule has 1 aliphatic rings. The molecule has 1 atom stereocenters. The number of pyridine rings is 1. The van der Waals surface area contributed by atoms with Crippen LogP contribution in [-0.4, -0.2) is 29.2 Å². The van der Waals surface area contributed by atoms with Gasteiger partial charge in [-0.15, -0.1) is 0 Å². The average Bonchev–Trinajstić information content (AvgIpc) is 2.38. The Morgan fingerprint density at radius 2 is 2.21 bits per heavy atom. The zero-order valence-electron chi connectivity index (χ0n) is 9.93. The lowest BCUT2D eigenvalue weighted by Gasteiger charge is -2.34. The number of nitro groups is 1. The number of nitrogens with zero attached hydrogens (tertiary/aromatic N) is 3. The van der Waals surface area contributed by atoms with Crippen molar-refractivity contribution < 1.29 is 18.1 Å². The van der Waals surface area contributed by atoms with Crippen LogP contribution in [0, 0.1) is 16.0 Å². The van der Waals surface area contributed by atoms with Gasteiger partial charge >= 0.3 is 11.9 Å². The summed E-state index contributed by atoms with van der Waals surface area (Å²) < 4.78 is 38.1. The number of aromatic nitrogens is 1. The van der Waals surface area contributed by atoms with Crippen molar-refractivity contribution in [3.8, 4) is 0 Å². The molecule has 8 heteroatoms. The van der Waals surface area contributed by atoms with Crippen LogP contribution >= 0.6 is 0 Å². The highest BCUT2D eigenvalue weighted by Gasteiger charge is 2.42. The molecule has 0 radical (unpaired) electrons. The van der Waals surface area contributed by atoms with Crippen molar-refractivity contribution in [2.45, 2.75) is 19.0 Å². The van der Waals surface area contributed by atoms with Crippen molar-refractivity contribution in [1.82, 2.24) is 4.98 Å². The van der Waals surface area contributed by atoms with Gasteiger partial charge in [-0.3, -0.25) is 10.1 Å². The molecule has 0 saturated carbocycles. The van der Waals surface area contributed by atoms with E-state index in [9.17, 15) is 23.3 Å². The number of alkyl halides is 3. The molecule has 104 valence electrons. The number of rotatable bonds is 2. The summed E-state index contributed by atoms with van der Waals surface area (Å²) >= 11 is 0. The molecule has 0 aromatic carbocycles. The standard InChI is InChI=1S/C11H12F3N3O2/c12-11(13,14)8-3-2-6-16(7-8)10-9(17(18)19)4-1-5-15-10/h1,4-5,8H,2-3,6-7H2/t8-/m1/s1. The molecule has 2 rings (SSSR count). The second-order valence-corrected chi connectivity index (χ2v) is 4.43. The van der Waals surface area contributed by atoms with Crippen LogP contribution in [0.3, 0.4) is 0 Å². The lowest BCUT2D eigenvalue weighted by atomic mass is 9.97. The number of halogens is 3. The minimum absolute atomic E-state index is 0.0152. The van der Waals surface area contributed by atoms with Gasteiger partial charge in [0.15, 0.2) is 0 Å². The predicted molar refractivity (Wildman–Crippen MR) is 61.9 cm³/mol. The third-order valence-electron chi connectivity index (χ3n) is 3.15. The Hall–Kier alpha value is -1.86. The van der Waals surface area contributed by atoms with Gasteiger partial charge in [-0.25, -0.2) is 4.98 Å². The highest BCUT2D eigenvalue weighted by Crippen LogP contribution is 2.36. The van der Waals surface area contributed by atoms with Gasteiger partial charge in [0.1, 0.15) is 0 Å². The maximum absolute atomic E-state index is 12.7. The summed E-state index contributed by atoms with van der Waals surface area (Å²) in [6.07, 6.45) is -2.53. The van der Waals surface area contributed by atoms with E-state index in [1.165, 1.54) is 23.2 Å². The monoisotopic (exact) mass is 275 g/mol. The van der Waals surface area contributed by atoms with Crippen LogP contribution in [0.4, 0.5) is 24.7 Å². The molecule has 19 heavy (non-hydrogen) atoms. The van der Waals surface area contributed by atoms with E-state index in [2.05, 4.69) is 4.98 Å². The molecule has 5 nitrogen and oxygen atoms in total. The molecule has 1 saturated heterocycles. The molecular weight excluding hydrogens is 263 g/mol. The van der Waals surface area contributed by atoms with Gasteiger partial charge in [0, 0.05) is 25.4 Å². The van der Waals surface area contributed by atoms with Crippen LogP contribution in [0.2, 0.25) is 0 Å². The Morgan fingerprint density at radius 1 is 1.47 bits per heavy atom. The van der Waals surface area contributed by atoms with Gasteiger partial charge < -0.3 is 4.90 Å². The maximum atomic E-state index is 12.7. The van der Waals surface area contributed by atoms with Gasteiger partial charge in [-0.1, -0.05) is 0 Å². The van der Waals surface area contributed by atoms with Crippen molar-refractivity contribution in [2.75, 3.05) is 18.0 Å². The first-order valence-electron chi connectivity index (χ1n) is 5.80. The molecule has 0 spiro atoms. The highest BCUT2D eigenvalue weighted by atomic mass is 19.4. The van der Waals surface area contributed by atoms with Crippen LogP contribution in [0.1, 0.15) is 12.8 Å². The topological polar surface area (TPSA) is 59.3 Å². The Balaban J connectivity index is 2.25. The van der Waals surface area contributed by atoms with Crippen LogP contribution in [0.5, 0.6) is 0 Å². The fourth-order valence-corrected chi connectivity index (χ4v) is 2.21. The molecule has 0 aliphatic carbocycles. The molecule has 0 bridgehead atoms. The first-order valence-corrected chi connectivity index (χ1v) is 5.80. The fourth-order valence-electron chi connectivity index (χ4n) is 2.21. The third kappa shape index (κ3) is 2.94. The molecular formula is C11H12F3N3O2. The number of anilines is 1. The Bertz CT molecular complexity index is 478. The highest BCUT2D eigenvalue weighted by molar-refractivity contribution is 5.57. The summed E-state index contributed by atoms with van der Waals surface area (Å²) in [5.41, 5.74) is -0.259. The average molecular weight is 275 g/mol. The number of hydrogen-bond donors (Lipinski definition) is 0. The van der Waals surface area contributed by atoms with Gasteiger partial charge in [-0.05, 0) is 18.9 Å². The van der Waals surface area contributed by atoms with Gasteiger partial charge in [0.25, 0.3) is 0 Å². The van der Waals surface area contributed by atoms with Crippen LogP contribution in [0.15, 0.2) is 18.3 Å². The summed E-state index contributed by atoms with van der Waals surface area (Å²) in [4.78, 5) is 15.4. The Labute approximate surface area is 107 Å². The van der Waals surface area contributed by atoms with Gasteiger partial charge in [0.05, 0.1) is 10.8 Å². The zero-order valence-corrected chi connectivity index (χ0v) is 9.93. The lowest BCUT2D eigenvalue weighted by molar-refractivity contribution is -0.384. The summed E-state index contributed by atoms with van der Waals surface area (Å²) in [7, 11) is 0. The van der Waals surface area contributed by atoms with Crippen molar-refractivity contribution in [3.63, 3.8) is 0 Å². The molecule has 0 N–H and O–H groups in total. The van der Waals surface area contributed by atoms with E-state index in [1.54, 1.807) is 0 Å². The Morgan fingerprint density at radius 3 is 2.84 bits per heavy atom. The quantitative estimate of drug-likeness (QED) is 0.615. The fraction of sp³-hybridized carbons (Fsp3) is 0.545. The molecule has 1 aliphatic heterocycles. The first-order chi connectivity index (χ1) is 8.89. The van der Waals surface area contributed by atoms with E-state index in [0.29, 0.717) is 13.0 Å². The van der Waals surface area contributed by atoms with Crippen LogP contribution in [-0.2, 0) is 0 Å². The molecule has 1 aromatic heterocycles. The van der Waals surface area contributed by atoms with Crippen molar-refractivity contribution in [2.24, 2.45) is 5.92 Å². The van der Waals surface area contributed by atoms with Gasteiger partial charge in [-0.2, -0.15) is 13.2 Å². The lowest BCUT2D eigenvalue weighted by Crippen LogP contribution is -2.42. The summed E-state index contributed by atoms with van der Waals surface area (Å²) in [6, 6.07) is 2.65. The van der Waals surface area contributed by atoms with E-state index in [4.69, 9.17) is 0 Å². The first kappa shape index (κ1) is 13.6. The van der Waals surface area contributed by atoms with Crippen LogP contribution < -0.4 is 4.90 Å². The second-order valence-electron chi connectivity index (χ2n) is 4.43.